The van der Waals surface area contributed by atoms with Crippen molar-refractivity contribution in [1.29, 1.82) is 0 Å². The molecule has 0 radical (unpaired) electrons. The fraction of sp³-hybridized carbons (Fsp3) is 0.333. The number of hydrogen-bond acceptors (Lipinski definition) is 2. The van der Waals surface area contributed by atoms with E-state index >= 15 is 0 Å². The van der Waals surface area contributed by atoms with Gasteiger partial charge in [0.2, 0.25) is 0 Å². The lowest BCUT2D eigenvalue weighted by Crippen LogP contribution is -2.55. The number of fused-ring (bicyclic) bond motifs is 3. The third-order valence-electron chi connectivity index (χ3n) is 3.13. The molecule has 0 saturated carbocycles. The van der Waals surface area contributed by atoms with E-state index in [1.807, 2.05) is 0 Å². The van der Waals surface area contributed by atoms with E-state index in [1.165, 1.54) is 0 Å². The lowest BCUT2D eigenvalue weighted by Gasteiger charge is -2.46. The van der Waals surface area contributed by atoms with Crippen LogP contribution in [-0.2, 0) is 0 Å². The highest BCUT2D eigenvalue weighted by Crippen LogP contribution is 2.24. The second kappa shape index (κ2) is 5.73. The number of allylic oxidation sites excluding steroid dienone is 4. The summed E-state index contributed by atoms with van der Waals surface area (Å²) >= 11 is 0. The maximum Gasteiger partial charge on any atom is 0.0711 e. The van der Waals surface area contributed by atoms with E-state index in [1.54, 1.807) is 0 Å². The van der Waals surface area contributed by atoms with E-state index in [0.717, 1.165) is 13.1 Å². The molecule has 88 valence electrons. The maximum absolute atomic E-state index is 2.42. The SMILES string of the molecule is Br.Br.C1=CC2C3C=CC=CN3CCN2C=C1. The molecule has 3 aliphatic heterocycles. The monoisotopic (exact) mass is 346 g/mol. The summed E-state index contributed by atoms with van der Waals surface area (Å²) in [7, 11) is 0. The van der Waals surface area contributed by atoms with Gasteiger partial charge in [-0.15, -0.1) is 34.0 Å². The fourth-order valence-corrected chi connectivity index (χ4v) is 2.39. The van der Waals surface area contributed by atoms with Gasteiger partial charge in [-0.1, -0.05) is 24.3 Å². The number of halogens is 2. The van der Waals surface area contributed by atoms with Crippen molar-refractivity contribution in [2.24, 2.45) is 0 Å². The molecule has 3 heterocycles. The summed E-state index contributed by atoms with van der Waals surface area (Å²) in [4.78, 5) is 4.84. The topological polar surface area (TPSA) is 6.48 Å². The second-order valence-corrected chi connectivity index (χ2v) is 3.91. The van der Waals surface area contributed by atoms with Crippen molar-refractivity contribution >= 4 is 34.0 Å². The molecular formula is C12H16Br2N2. The smallest absolute Gasteiger partial charge is 0.0711 e. The summed E-state index contributed by atoms with van der Waals surface area (Å²) < 4.78 is 0. The van der Waals surface area contributed by atoms with Crippen LogP contribution in [0.3, 0.4) is 0 Å². The number of nitrogens with zero attached hydrogens (tertiary/aromatic N) is 2. The van der Waals surface area contributed by atoms with E-state index in [2.05, 4.69) is 58.7 Å². The van der Waals surface area contributed by atoms with Crippen molar-refractivity contribution in [2.45, 2.75) is 12.1 Å². The minimum absolute atomic E-state index is 0. The first-order chi connectivity index (χ1) is 6.95. The lowest BCUT2D eigenvalue weighted by molar-refractivity contribution is 0.131. The third kappa shape index (κ3) is 2.28. The quantitative estimate of drug-likeness (QED) is 0.664. The number of rotatable bonds is 0. The highest BCUT2D eigenvalue weighted by molar-refractivity contribution is 8.93. The van der Waals surface area contributed by atoms with Crippen LogP contribution in [0.15, 0.2) is 48.9 Å². The zero-order valence-electron chi connectivity index (χ0n) is 8.90. The van der Waals surface area contributed by atoms with Gasteiger partial charge in [-0.25, -0.2) is 0 Å². The summed E-state index contributed by atoms with van der Waals surface area (Å²) in [6.07, 6.45) is 17.5. The lowest BCUT2D eigenvalue weighted by atomic mass is 9.98. The Morgan fingerprint density at radius 3 is 1.56 bits per heavy atom. The molecule has 0 aromatic rings. The van der Waals surface area contributed by atoms with Gasteiger partial charge in [-0.2, -0.15) is 0 Å². The molecule has 0 aliphatic carbocycles. The zero-order chi connectivity index (χ0) is 9.38. The summed E-state index contributed by atoms with van der Waals surface area (Å²) in [6, 6.07) is 1.05. The Morgan fingerprint density at radius 1 is 0.688 bits per heavy atom. The van der Waals surface area contributed by atoms with Crippen LogP contribution in [-0.4, -0.2) is 35.0 Å². The van der Waals surface area contributed by atoms with Crippen LogP contribution in [0.25, 0.3) is 0 Å². The summed E-state index contributed by atoms with van der Waals surface area (Å²) in [5, 5.41) is 0. The fourth-order valence-electron chi connectivity index (χ4n) is 2.39. The van der Waals surface area contributed by atoms with Crippen LogP contribution in [0.2, 0.25) is 0 Å². The van der Waals surface area contributed by atoms with Gasteiger partial charge in [-0.3, -0.25) is 0 Å². The average Bonchev–Trinajstić information content (AvgIpc) is 2.29. The molecule has 1 saturated heterocycles. The highest BCUT2D eigenvalue weighted by atomic mass is 79.9. The molecule has 1 fully saturated rings. The van der Waals surface area contributed by atoms with Gasteiger partial charge in [0.05, 0.1) is 12.1 Å². The summed E-state index contributed by atoms with van der Waals surface area (Å²) in [5.74, 6) is 0. The van der Waals surface area contributed by atoms with E-state index < -0.39 is 0 Å². The van der Waals surface area contributed by atoms with Gasteiger partial charge in [0.15, 0.2) is 0 Å². The Kier molecular flexibility index (Phi) is 4.87. The van der Waals surface area contributed by atoms with E-state index in [4.69, 9.17) is 0 Å². The van der Waals surface area contributed by atoms with Gasteiger partial charge >= 0.3 is 0 Å². The standard InChI is InChI=1S/C12H14N2.2BrH/c1-3-7-13-9-10-14-8-4-2-6-12(14)11(13)5-1;;/h1-8,11-12H,9-10H2;2*1H. The Bertz CT molecular complexity index is 313. The van der Waals surface area contributed by atoms with Crippen LogP contribution < -0.4 is 0 Å². The van der Waals surface area contributed by atoms with E-state index in [-0.39, 0.29) is 34.0 Å². The summed E-state index contributed by atoms with van der Waals surface area (Å²) in [6.45, 7) is 2.25. The molecule has 3 rings (SSSR count). The zero-order valence-corrected chi connectivity index (χ0v) is 12.3. The van der Waals surface area contributed by atoms with Crippen molar-refractivity contribution in [3.8, 4) is 0 Å². The van der Waals surface area contributed by atoms with Crippen molar-refractivity contribution in [3.05, 3.63) is 48.9 Å². The normalized spacial score (nSPS) is 29.0. The van der Waals surface area contributed by atoms with Crippen LogP contribution in [0.1, 0.15) is 0 Å². The molecule has 2 unspecified atom stereocenters. The molecule has 0 spiro atoms. The number of hydrogen-bond donors (Lipinski definition) is 0. The molecule has 4 heteroatoms. The largest absolute Gasteiger partial charge is 0.367 e. The molecule has 3 aliphatic rings. The van der Waals surface area contributed by atoms with Crippen molar-refractivity contribution in [2.75, 3.05) is 13.1 Å². The molecule has 0 N–H and O–H groups in total. The Labute approximate surface area is 118 Å². The van der Waals surface area contributed by atoms with Crippen molar-refractivity contribution in [1.82, 2.24) is 9.80 Å². The second-order valence-electron chi connectivity index (χ2n) is 3.91. The van der Waals surface area contributed by atoms with Crippen molar-refractivity contribution in [3.63, 3.8) is 0 Å². The Morgan fingerprint density at radius 2 is 1.12 bits per heavy atom. The highest BCUT2D eigenvalue weighted by Gasteiger charge is 2.31. The van der Waals surface area contributed by atoms with Crippen LogP contribution >= 0.6 is 34.0 Å². The van der Waals surface area contributed by atoms with Gasteiger partial charge in [-0.05, 0) is 24.6 Å². The van der Waals surface area contributed by atoms with Crippen LogP contribution in [0, 0.1) is 0 Å². The molecule has 2 atom stereocenters. The average molecular weight is 348 g/mol. The first-order valence-corrected chi connectivity index (χ1v) is 5.17. The molecule has 0 aromatic heterocycles. The molecule has 16 heavy (non-hydrogen) atoms. The van der Waals surface area contributed by atoms with Crippen LogP contribution in [0.4, 0.5) is 0 Å². The van der Waals surface area contributed by atoms with E-state index in [0.29, 0.717) is 12.1 Å². The minimum Gasteiger partial charge on any atom is -0.367 e. The molecule has 0 bridgehead atoms. The summed E-state index contributed by atoms with van der Waals surface area (Å²) in [5.41, 5.74) is 0. The number of piperazine rings is 1. The van der Waals surface area contributed by atoms with Crippen molar-refractivity contribution < 1.29 is 0 Å². The van der Waals surface area contributed by atoms with Gasteiger partial charge in [0.1, 0.15) is 0 Å². The van der Waals surface area contributed by atoms with Gasteiger partial charge < -0.3 is 9.80 Å². The predicted octanol–water partition coefficient (Wildman–Crippen LogP) is 2.66. The van der Waals surface area contributed by atoms with E-state index in [9.17, 15) is 0 Å². The molecular weight excluding hydrogens is 332 g/mol. The molecule has 0 amide bonds. The predicted molar refractivity (Wildman–Crippen MR) is 78.2 cm³/mol. The Hall–Kier alpha value is -0.480. The first kappa shape index (κ1) is 13.6. The maximum atomic E-state index is 2.42. The van der Waals surface area contributed by atoms with Gasteiger partial charge in [0.25, 0.3) is 0 Å². The Balaban J connectivity index is 0.000000640. The van der Waals surface area contributed by atoms with Gasteiger partial charge in [0, 0.05) is 13.1 Å². The first-order valence-electron chi connectivity index (χ1n) is 5.17. The third-order valence-corrected chi connectivity index (χ3v) is 3.13. The molecule has 2 nitrogen and oxygen atoms in total. The minimum atomic E-state index is 0. The molecule has 0 aromatic carbocycles. The van der Waals surface area contributed by atoms with Crippen LogP contribution in [0.5, 0.6) is 0 Å².